The van der Waals surface area contributed by atoms with Gasteiger partial charge in [0.1, 0.15) is 0 Å². The first kappa shape index (κ1) is 20.3. The van der Waals surface area contributed by atoms with Crippen LogP contribution in [0, 0.1) is 5.92 Å². The van der Waals surface area contributed by atoms with Gasteiger partial charge >= 0.3 is 0 Å². The maximum absolute atomic E-state index is 6.72. The van der Waals surface area contributed by atoms with Gasteiger partial charge in [0.2, 0.25) is 0 Å². The molecule has 1 aliphatic heterocycles. The number of halogens is 1. The van der Waals surface area contributed by atoms with E-state index in [4.69, 9.17) is 16.6 Å². The molecule has 0 spiro atoms. The lowest BCUT2D eigenvalue weighted by Crippen LogP contribution is -2.17. The number of benzene rings is 2. The summed E-state index contributed by atoms with van der Waals surface area (Å²) in [6, 6.07) is 10.9. The average Bonchev–Trinajstić information content (AvgIpc) is 3.00. The highest BCUT2D eigenvalue weighted by Crippen LogP contribution is 2.39. The third-order valence-electron chi connectivity index (χ3n) is 6.78. The van der Waals surface area contributed by atoms with Crippen LogP contribution >= 0.6 is 22.9 Å². The maximum atomic E-state index is 6.72. The van der Waals surface area contributed by atoms with Crippen molar-refractivity contribution in [1.82, 2.24) is 10.3 Å². The lowest BCUT2D eigenvalue weighted by molar-refractivity contribution is 0.356. The Kier molecular flexibility index (Phi) is 5.99. The molecule has 1 aromatic heterocycles. The van der Waals surface area contributed by atoms with E-state index in [1.54, 1.807) is 0 Å². The molecule has 3 nitrogen and oxygen atoms in total. The zero-order chi connectivity index (χ0) is 20.5. The third-order valence-corrected chi connectivity index (χ3v) is 8.13. The van der Waals surface area contributed by atoms with Crippen molar-refractivity contribution < 1.29 is 0 Å². The minimum absolute atomic E-state index is 0.827. The molecule has 0 bridgehead atoms. The number of fused-ring (bicyclic) bond motifs is 2. The Morgan fingerprint density at radius 1 is 1.10 bits per heavy atom. The molecule has 1 aliphatic carbocycles. The fraction of sp³-hybridized carbons (Fsp3) is 0.480. The highest BCUT2D eigenvalue weighted by molar-refractivity contribution is 7.18. The minimum Gasteiger partial charge on any atom is -0.343 e. The molecule has 0 amide bonds. The molecule has 0 atom stereocenters. The molecule has 1 N–H and O–H groups in total. The van der Waals surface area contributed by atoms with Crippen molar-refractivity contribution in [2.75, 3.05) is 25.0 Å². The number of hydrogen-bond donors (Lipinski definition) is 1. The van der Waals surface area contributed by atoms with Crippen molar-refractivity contribution in [2.24, 2.45) is 5.92 Å². The summed E-state index contributed by atoms with van der Waals surface area (Å²) in [5.41, 5.74) is 6.27. The van der Waals surface area contributed by atoms with E-state index in [0.717, 1.165) is 54.5 Å². The topological polar surface area (TPSA) is 28.2 Å². The first-order valence-corrected chi connectivity index (χ1v) is 12.5. The first-order valence-electron chi connectivity index (χ1n) is 11.3. The molecule has 5 heteroatoms. The number of rotatable bonds is 4. The molecule has 1 fully saturated rings. The Bertz CT molecular complexity index is 1040. The molecule has 1 saturated carbocycles. The Morgan fingerprint density at radius 2 is 1.93 bits per heavy atom. The van der Waals surface area contributed by atoms with Crippen molar-refractivity contribution >= 4 is 44.5 Å². The van der Waals surface area contributed by atoms with E-state index in [0.29, 0.717) is 0 Å². The van der Waals surface area contributed by atoms with Crippen LogP contribution in [-0.4, -0.2) is 25.1 Å². The van der Waals surface area contributed by atoms with Gasteiger partial charge in [0.05, 0.1) is 25.9 Å². The molecule has 2 aromatic carbocycles. The summed E-state index contributed by atoms with van der Waals surface area (Å²) >= 11 is 8.59. The van der Waals surface area contributed by atoms with E-state index in [1.165, 1.54) is 58.6 Å². The van der Waals surface area contributed by atoms with Gasteiger partial charge < -0.3 is 10.2 Å². The molecular weight excluding hydrogens is 410 g/mol. The summed E-state index contributed by atoms with van der Waals surface area (Å²) in [4.78, 5) is 7.22. The second kappa shape index (κ2) is 8.86. The van der Waals surface area contributed by atoms with E-state index >= 15 is 0 Å². The summed E-state index contributed by atoms with van der Waals surface area (Å²) in [7, 11) is 2.14. The molecule has 2 aliphatic rings. The van der Waals surface area contributed by atoms with E-state index < -0.39 is 0 Å². The predicted molar refractivity (Wildman–Crippen MR) is 130 cm³/mol. The second-order valence-corrected chi connectivity index (χ2v) is 10.3. The van der Waals surface area contributed by atoms with Crippen molar-refractivity contribution in [3.63, 3.8) is 0 Å². The molecule has 5 rings (SSSR count). The lowest BCUT2D eigenvalue weighted by Gasteiger charge is -2.25. The van der Waals surface area contributed by atoms with Crippen LogP contribution < -0.4 is 10.2 Å². The number of thiazole rings is 1. The van der Waals surface area contributed by atoms with Gasteiger partial charge in [-0.25, -0.2) is 4.98 Å². The number of anilines is 2. The molecule has 0 unspecified atom stereocenters. The second-order valence-electron chi connectivity index (χ2n) is 8.81. The van der Waals surface area contributed by atoms with E-state index in [1.807, 2.05) is 11.3 Å². The monoisotopic (exact) mass is 439 g/mol. The molecule has 0 saturated heterocycles. The summed E-state index contributed by atoms with van der Waals surface area (Å²) in [5, 5.41) is 5.65. The first-order chi connectivity index (χ1) is 14.7. The van der Waals surface area contributed by atoms with Gasteiger partial charge in [-0.2, -0.15) is 0 Å². The van der Waals surface area contributed by atoms with Gasteiger partial charge in [0.15, 0.2) is 0 Å². The fourth-order valence-corrected chi connectivity index (χ4v) is 6.53. The predicted octanol–water partition coefficient (Wildman–Crippen LogP) is 6.53. The fourth-order valence-electron chi connectivity index (χ4n) is 5.11. The van der Waals surface area contributed by atoms with Crippen LogP contribution in [0.1, 0.15) is 48.2 Å². The number of nitrogens with one attached hydrogen (secondary N) is 1. The normalized spacial score (nSPS) is 17.7. The van der Waals surface area contributed by atoms with Crippen LogP contribution in [0.4, 0.5) is 11.4 Å². The molecule has 2 heterocycles. The van der Waals surface area contributed by atoms with Gasteiger partial charge in [0, 0.05) is 19.2 Å². The van der Waals surface area contributed by atoms with Crippen LogP contribution in [0.2, 0.25) is 5.02 Å². The molecular formula is C25H30ClN3S. The molecule has 158 valence electrons. The summed E-state index contributed by atoms with van der Waals surface area (Å²) in [6.07, 6.45) is 10.2. The van der Waals surface area contributed by atoms with Gasteiger partial charge in [-0.1, -0.05) is 49.8 Å². The largest absolute Gasteiger partial charge is 0.343 e. The van der Waals surface area contributed by atoms with E-state index in [9.17, 15) is 0 Å². The van der Waals surface area contributed by atoms with Crippen LogP contribution in [0.15, 0.2) is 30.3 Å². The minimum atomic E-state index is 0.827. The number of aromatic nitrogens is 1. The molecule has 3 aromatic rings. The van der Waals surface area contributed by atoms with Crippen molar-refractivity contribution in [3.8, 4) is 0 Å². The Morgan fingerprint density at radius 3 is 2.80 bits per heavy atom. The Balaban J connectivity index is 1.45. The Hall–Kier alpha value is -1.62. The Labute approximate surface area is 188 Å². The highest BCUT2D eigenvalue weighted by Gasteiger charge is 2.20. The standard InChI is InChI=1S/C25H30ClN3S/c1-29(25-20-12-14-27-13-11-18(20)7-9-21(25)26)19-8-10-22-23(16-19)30-24(28-22)15-17-5-3-2-4-6-17/h7-10,16-17,27H,2-6,11-15H2,1H3. The van der Waals surface area contributed by atoms with Crippen molar-refractivity contribution in [2.45, 2.75) is 51.4 Å². The SMILES string of the molecule is CN(c1ccc2nc(CC3CCCCC3)sc2c1)c1c(Cl)ccc2c1CCNCC2. The number of hydrogen-bond acceptors (Lipinski definition) is 4. The zero-order valence-corrected chi connectivity index (χ0v) is 19.3. The summed E-state index contributed by atoms with van der Waals surface area (Å²) < 4.78 is 1.28. The summed E-state index contributed by atoms with van der Waals surface area (Å²) in [5.74, 6) is 0.827. The number of nitrogens with zero attached hydrogens (tertiary/aromatic N) is 2. The highest BCUT2D eigenvalue weighted by atomic mass is 35.5. The third kappa shape index (κ3) is 4.10. The van der Waals surface area contributed by atoms with Crippen LogP contribution in [-0.2, 0) is 19.3 Å². The van der Waals surface area contributed by atoms with Crippen LogP contribution in [0.5, 0.6) is 0 Å². The molecule has 30 heavy (non-hydrogen) atoms. The van der Waals surface area contributed by atoms with Gasteiger partial charge in [-0.3, -0.25) is 0 Å². The molecule has 0 radical (unpaired) electrons. The average molecular weight is 440 g/mol. The van der Waals surface area contributed by atoms with Crippen LogP contribution in [0.3, 0.4) is 0 Å². The smallest absolute Gasteiger partial charge is 0.0941 e. The van der Waals surface area contributed by atoms with Crippen molar-refractivity contribution in [3.05, 3.63) is 51.5 Å². The maximum Gasteiger partial charge on any atom is 0.0941 e. The lowest BCUT2D eigenvalue weighted by atomic mass is 9.87. The van der Waals surface area contributed by atoms with E-state index in [-0.39, 0.29) is 0 Å². The zero-order valence-electron chi connectivity index (χ0n) is 17.7. The quantitative estimate of drug-likeness (QED) is 0.500. The van der Waals surface area contributed by atoms with Gasteiger partial charge in [0.25, 0.3) is 0 Å². The van der Waals surface area contributed by atoms with Gasteiger partial charge in [-0.05, 0) is 67.2 Å². The van der Waals surface area contributed by atoms with Crippen LogP contribution in [0.25, 0.3) is 10.2 Å². The van der Waals surface area contributed by atoms with Gasteiger partial charge in [-0.15, -0.1) is 11.3 Å². The van der Waals surface area contributed by atoms with E-state index in [2.05, 4.69) is 47.6 Å². The summed E-state index contributed by atoms with van der Waals surface area (Å²) in [6.45, 7) is 2.04. The van der Waals surface area contributed by atoms with Crippen molar-refractivity contribution in [1.29, 1.82) is 0 Å².